The Hall–Kier alpha value is -0.380. The average molecular weight is 387 g/mol. The van der Waals surface area contributed by atoms with Crippen LogP contribution in [0.2, 0.25) is 0 Å². The monoisotopic (exact) mass is 387 g/mol. The first-order valence-corrected chi connectivity index (χ1v) is 5.65. The number of hydrogen-bond donors (Lipinski definition) is 0. The largest absolute Gasteiger partial charge is 0.573 e. The summed E-state index contributed by atoms with van der Waals surface area (Å²) in [5.74, 6) is -1.40. The van der Waals surface area contributed by atoms with Crippen molar-refractivity contribution in [1.29, 1.82) is 0 Å². The van der Waals surface area contributed by atoms with Gasteiger partial charge in [0.2, 0.25) is 0 Å². The summed E-state index contributed by atoms with van der Waals surface area (Å²) in [6, 6.07) is 0.783. The summed E-state index contributed by atoms with van der Waals surface area (Å²) < 4.78 is 65.0. The lowest BCUT2D eigenvalue weighted by molar-refractivity contribution is -0.275. The molecule has 0 fully saturated rings. The number of aromatic nitrogens is 1. The van der Waals surface area contributed by atoms with Crippen molar-refractivity contribution in [2.75, 3.05) is 0 Å². The summed E-state index contributed by atoms with van der Waals surface area (Å²) in [5.41, 5.74) is -1.26. The molecule has 0 aliphatic carbocycles. The van der Waals surface area contributed by atoms with Crippen molar-refractivity contribution in [3.8, 4) is 5.75 Å². The van der Waals surface area contributed by atoms with Crippen LogP contribution >= 0.6 is 34.2 Å². The van der Waals surface area contributed by atoms with Gasteiger partial charge in [0.05, 0.1) is 17.1 Å². The molecule has 9 heteroatoms. The molecule has 1 heterocycles. The number of nitrogens with zero attached hydrogens (tertiary/aromatic N) is 1. The van der Waals surface area contributed by atoms with E-state index in [1.807, 2.05) is 0 Å². The minimum absolute atomic E-state index is 0.0851. The summed E-state index contributed by atoms with van der Waals surface area (Å²) in [7, 11) is 0. The summed E-state index contributed by atoms with van der Waals surface area (Å²) in [4.78, 5) is 3.63. The number of rotatable bonds is 3. The molecule has 0 aromatic carbocycles. The highest BCUT2D eigenvalue weighted by molar-refractivity contribution is 14.1. The molecule has 96 valence electrons. The van der Waals surface area contributed by atoms with Crippen molar-refractivity contribution < 1.29 is 26.7 Å². The minimum atomic E-state index is -5.04. The fourth-order valence-corrected chi connectivity index (χ4v) is 1.87. The van der Waals surface area contributed by atoms with E-state index in [1.165, 1.54) is 0 Å². The van der Waals surface area contributed by atoms with Crippen molar-refractivity contribution in [2.45, 2.75) is 18.7 Å². The Morgan fingerprint density at radius 3 is 2.41 bits per heavy atom. The van der Waals surface area contributed by atoms with Crippen molar-refractivity contribution in [3.63, 3.8) is 0 Å². The summed E-state index contributed by atoms with van der Waals surface area (Å²) in [5, 5.41) is 0. The van der Waals surface area contributed by atoms with Gasteiger partial charge in [-0.05, 0) is 22.6 Å². The van der Waals surface area contributed by atoms with Gasteiger partial charge in [0.25, 0.3) is 6.43 Å². The zero-order chi connectivity index (χ0) is 13.2. The van der Waals surface area contributed by atoms with E-state index in [1.54, 1.807) is 22.6 Å². The molecule has 0 bridgehead atoms. The van der Waals surface area contributed by atoms with Gasteiger partial charge in [-0.3, -0.25) is 0 Å². The second-order valence-electron chi connectivity index (χ2n) is 2.79. The highest BCUT2D eigenvalue weighted by Crippen LogP contribution is 2.36. The highest BCUT2D eigenvalue weighted by atomic mass is 127. The maximum atomic E-state index is 12.6. The SMILES string of the molecule is FC(F)c1c(OC(F)(F)F)cc(I)nc1CCl. The van der Waals surface area contributed by atoms with E-state index >= 15 is 0 Å². The van der Waals surface area contributed by atoms with Crippen LogP contribution in [0, 0.1) is 3.70 Å². The van der Waals surface area contributed by atoms with E-state index in [0.717, 1.165) is 6.07 Å². The third-order valence-corrected chi connectivity index (χ3v) is 2.44. The Labute approximate surface area is 111 Å². The van der Waals surface area contributed by atoms with Gasteiger partial charge in [-0.2, -0.15) is 0 Å². The molecule has 1 rings (SSSR count). The third kappa shape index (κ3) is 4.09. The molecule has 0 radical (unpaired) electrons. The van der Waals surface area contributed by atoms with E-state index in [9.17, 15) is 22.0 Å². The second-order valence-corrected chi connectivity index (χ2v) is 4.16. The zero-order valence-electron chi connectivity index (χ0n) is 7.86. The van der Waals surface area contributed by atoms with Gasteiger partial charge in [-0.15, -0.1) is 24.8 Å². The van der Waals surface area contributed by atoms with E-state index in [-0.39, 0.29) is 9.39 Å². The molecule has 0 N–H and O–H groups in total. The Balaban J connectivity index is 3.30. The lowest BCUT2D eigenvalue weighted by Crippen LogP contribution is -2.19. The molecule has 0 aliphatic rings. The predicted octanol–water partition coefficient (Wildman–Crippen LogP) is 4.26. The van der Waals surface area contributed by atoms with Crippen LogP contribution in [0.3, 0.4) is 0 Å². The maximum absolute atomic E-state index is 12.6. The Bertz CT molecular complexity index is 412. The van der Waals surface area contributed by atoms with Crippen LogP contribution in [0.1, 0.15) is 17.7 Å². The van der Waals surface area contributed by atoms with E-state index in [2.05, 4.69) is 9.72 Å². The molecule has 0 atom stereocenters. The van der Waals surface area contributed by atoms with Crippen molar-refractivity contribution >= 4 is 34.2 Å². The molecule has 1 aromatic rings. The van der Waals surface area contributed by atoms with Crippen LogP contribution in [0.4, 0.5) is 22.0 Å². The van der Waals surface area contributed by atoms with Crippen LogP contribution < -0.4 is 4.74 Å². The molecule has 17 heavy (non-hydrogen) atoms. The normalized spacial score (nSPS) is 12.0. The molecule has 1 aromatic heterocycles. The van der Waals surface area contributed by atoms with E-state index in [4.69, 9.17) is 11.6 Å². The second kappa shape index (κ2) is 5.51. The Morgan fingerprint density at radius 1 is 1.41 bits per heavy atom. The van der Waals surface area contributed by atoms with E-state index < -0.39 is 30.0 Å². The minimum Gasteiger partial charge on any atom is -0.405 e. The lowest BCUT2D eigenvalue weighted by atomic mass is 10.2. The van der Waals surface area contributed by atoms with E-state index in [0.29, 0.717) is 0 Å². The number of pyridine rings is 1. The molecular formula is C8H4ClF5INO. The Kier molecular flexibility index (Phi) is 4.76. The Morgan fingerprint density at radius 2 is 2.00 bits per heavy atom. The molecule has 0 saturated heterocycles. The highest BCUT2D eigenvalue weighted by Gasteiger charge is 2.34. The standard InChI is InChI=1S/C8H4ClF5INO/c9-2-3-6(7(10)11)4(1-5(15)16-3)17-8(12,13)14/h1,7H,2H2. The smallest absolute Gasteiger partial charge is 0.405 e. The van der Waals surface area contributed by atoms with Crippen LogP contribution in [0.25, 0.3) is 0 Å². The number of ether oxygens (including phenoxy) is 1. The summed E-state index contributed by atoms with van der Waals surface area (Å²) in [6.07, 6.45) is -8.19. The first-order chi connectivity index (χ1) is 7.74. The van der Waals surface area contributed by atoms with Gasteiger partial charge in [0, 0.05) is 6.07 Å². The summed E-state index contributed by atoms with van der Waals surface area (Å²) >= 11 is 6.94. The fourth-order valence-electron chi connectivity index (χ4n) is 1.09. The topological polar surface area (TPSA) is 22.1 Å². The molecular weight excluding hydrogens is 383 g/mol. The average Bonchev–Trinajstić information content (AvgIpc) is 2.12. The molecule has 0 saturated carbocycles. The zero-order valence-corrected chi connectivity index (χ0v) is 10.8. The lowest BCUT2D eigenvalue weighted by Gasteiger charge is -2.15. The molecule has 0 aliphatic heterocycles. The van der Waals surface area contributed by atoms with Gasteiger partial charge in [-0.25, -0.2) is 13.8 Å². The molecule has 2 nitrogen and oxygen atoms in total. The number of halogens is 7. The summed E-state index contributed by atoms with van der Waals surface area (Å²) in [6.45, 7) is 0. The van der Waals surface area contributed by atoms with Gasteiger partial charge in [0.1, 0.15) is 9.45 Å². The van der Waals surface area contributed by atoms with Crippen LogP contribution in [0.15, 0.2) is 6.07 Å². The molecule has 0 spiro atoms. The molecule has 0 amide bonds. The van der Waals surface area contributed by atoms with Crippen LogP contribution in [-0.2, 0) is 5.88 Å². The van der Waals surface area contributed by atoms with Gasteiger partial charge in [-0.1, -0.05) is 0 Å². The fraction of sp³-hybridized carbons (Fsp3) is 0.375. The van der Waals surface area contributed by atoms with Gasteiger partial charge in [0.15, 0.2) is 0 Å². The van der Waals surface area contributed by atoms with Crippen molar-refractivity contribution in [1.82, 2.24) is 4.98 Å². The first kappa shape index (κ1) is 14.7. The van der Waals surface area contributed by atoms with Gasteiger partial charge < -0.3 is 4.74 Å². The molecule has 0 unspecified atom stereocenters. The number of hydrogen-bond acceptors (Lipinski definition) is 2. The predicted molar refractivity (Wildman–Crippen MR) is 58.2 cm³/mol. The van der Waals surface area contributed by atoms with Crippen LogP contribution in [-0.4, -0.2) is 11.3 Å². The van der Waals surface area contributed by atoms with Crippen molar-refractivity contribution in [3.05, 3.63) is 21.0 Å². The number of alkyl halides is 6. The quantitative estimate of drug-likeness (QED) is 0.335. The van der Waals surface area contributed by atoms with Crippen LogP contribution in [0.5, 0.6) is 5.75 Å². The first-order valence-electron chi connectivity index (χ1n) is 4.03. The maximum Gasteiger partial charge on any atom is 0.573 e. The third-order valence-electron chi connectivity index (χ3n) is 1.64. The van der Waals surface area contributed by atoms with Crippen molar-refractivity contribution in [2.24, 2.45) is 0 Å². The van der Waals surface area contributed by atoms with Gasteiger partial charge >= 0.3 is 6.36 Å².